The van der Waals surface area contributed by atoms with Crippen LogP contribution in [0.15, 0.2) is 48.5 Å². The zero-order valence-electron chi connectivity index (χ0n) is 14.0. The summed E-state index contributed by atoms with van der Waals surface area (Å²) < 4.78 is 11.3. The fraction of sp³-hybridized carbons (Fsp3) is 0.350. The second-order valence-electron chi connectivity index (χ2n) is 6.22. The summed E-state index contributed by atoms with van der Waals surface area (Å²) in [6, 6.07) is 15.5. The predicted octanol–water partition coefficient (Wildman–Crippen LogP) is 4.22. The summed E-state index contributed by atoms with van der Waals surface area (Å²) in [5.41, 5.74) is 1.20. The van der Waals surface area contributed by atoms with Crippen LogP contribution in [0.5, 0.6) is 17.2 Å². The molecule has 2 aromatic rings. The van der Waals surface area contributed by atoms with Crippen LogP contribution in [0.4, 0.5) is 0 Å². The van der Waals surface area contributed by atoms with Gasteiger partial charge in [-0.3, -0.25) is 4.79 Å². The van der Waals surface area contributed by atoms with Crippen LogP contribution in [-0.2, 0) is 4.79 Å². The van der Waals surface area contributed by atoms with Crippen molar-refractivity contribution in [3.63, 3.8) is 0 Å². The molecule has 0 saturated heterocycles. The van der Waals surface area contributed by atoms with Gasteiger partial charge in [0.15, 0.2) is 6.61 Å². The Balaban J connectivity index is 1.47. The molecule has 3 rings (SSSR count). The normalized spacial score (nSPS) is 14.4. The molecule has 1 aliphatic rings. The topological polar surface area (TPSA) is 47.6 Å². The molecule has 4 nitrogen and oxygen atoms in total. The Bertz CT molecular complexity index is 658. The first-order valence-corrected chi connectivity index (χ1v) is 8.46. The van der Waals surface area contributed by atoms with E-state index in [4.69, 9.17) is 9.47 Å². The Morgan fingerprint density at radius 1 is 0.958 bits per heavy atom. The highest BCUT2D eigenvalue weighted by atomic mass is 16.5. The van der Waals surface area contributed by atoms with E-state index < -0.39 is 0 Å². The summed E-state index contributed by atoms with van der Waals surface area (Å²) in [5.74, 6) is 2.14. The van der Waals surface area contributed by atoms with Crippen molar-refractivity contribution in [3.05, 3.63) is 54.1 Å². The van der Waals surface area contributed by atoms with E-state index in [9.17, 15) is 4.79 Å². The average Bonchev–Trinajstić information content (AvgIpc) is 3.09. The number of nitrogens with one attached hydrogen (secondary N) is 1. The predicted molar refractivity (Wildman–Crippen MR) is 93.6 cm³/mol. The van der Waals surface area contributed by atoms with Crippen LogP contribution in [-0.4, -0.2) is 18.6 Å². The van der Waals surface area contributed by atoms with Crippen molar-refractivity contribution in [1.82, 2.24) is 5.32 Å². The van der Waals surface area contributed by atoms with Gasteiger partial charge in [-0.1, -0.05) is 30.5 Å². The minimum absolute atomic E-state index is 0.0503. The Kier molecular flexibility index (Phi) is 5.36. The van der Waals surface area contributed by atoms with Gasteiger partial charge in [-0.05, 0) is 56.2 Å². The summed E-state index contributed by atoms with van der Waals surface area (Å²) in [7, 11) is 0. The zero-order valence-corrected chi connectivity index (χ0v) is 14.0. The molecule has 0 spiro atoms. The lowest BCUT2D eigenvalue weighted by Crippen LogP contribution is -2.36. The highest BCUT2D eigenvalue weighted by molar-refractivity contribution is 5.77. The fourth-order valence-corrected chi connectivity index (χ4v) is 2.83. The number of hydrogen-bond donors (Lipinski definition) is 1. The number of hydrogen-bond acceptors (Lipinski definition) is 3. The van der Waals surface area contributed by atoms with E-state index >= 15 is 0 Å². The molecule has 0 bridgehead atoms. The summed E-state index contributed by atoms with van der Waals surface area (Å²) in [6.07, 6.45) is 4.57. The number of amides is 1. The van der Waals surface area contributed by atoms with Crippen LogP contribution in [0.25, 0.3) is 0 Å². The smallest absolute Gasteiger partial charge is 0.258 e. The highest BCUT2D eigenvalue weighted by Gasteiger charge is 2.17. The summed E-state index contributed by atoms with van der Waals surface area (Å²) in [5, 5.41) is 3.01. The molecule has 1 N–H and O–H groups in total. The molecule has 126 valence electrons. The number of aryl methyl sites for hydroxylation is 1. The van der Waals surface area contributed by atoms with Gasteiger partial charge in [0.05, 0.1) is 0 Å². The molecule has 0 aliphatic heterocycles. The summed E-state index contributed by atoms with van der Waals surface area (Å²) in [4.78, 5) is 11.8. The average molecular weight is 325 g/mol. The van der Waals surface area contributed by atoms with Crippen LogP contribution < -0.4 is 14.8 Å². The lowest BCUT2D eigenvalue weighted by Gasteiger charge is -2.12. The lowest BCUT2D eigenvalue weighted by molar-refractivity contribution is -0.123. The lowest BCUT2D eigenvalue weighted by atomic mass is 10.2. The standard InChI is InChI=1S/C20H23NO3/c1-15-6-8-18(9-7-15)24-19-12-10-17(11-13-19)23-14-20(22)21-16-4-2-3-5-16/h6-13,16H,2-5,14H2,1H3,(H,21,22). The number of carbonyl (C=O) groups excluding carboxylic acids is 1. The van der Waals surface area contributed by atoms with Gasteiger partial charge < -0.3 is 14.8 Å². The molecule has 24 heavy (non-hydrogen) atoms. The van der Waals surface area contributed by atoms with Gasteiger partial charge >= 0.3 is 0 Å². The SMILES string of the molecule is Cc1ccc(Oc2ccc(OCC(=O)NC3CCCC3)cc2)cc1. The second-order valence-corrected chi connectivity index (χ2v) is 6.22. The van der Waals surface area contributed by atoms with E-state index in [-0.39, 0.29) is 12.5 Å². The maximum Gasteiger partial charge on any atom is 0.258 e. The van der Waals surface area contributed by atoms with E-state index in [1.807, 2.05) is 55.5 Å². The third kappa shape index (κ3) is 4.75. The van der Waals surface area contributed by atoms with Gasteiger partial charge in [0.25, 0.3) is 5.91 Å². The summed E-state index contributed by atoms with van der Waals surface area (Å²) in [6.45, 7) is 2.09. The van der Waals surface area contributed by atoms with Crippen LogP contribution in [0, 0.1) is 6.92 Å². The maximum atomic E-state index is 11.8. The van der Waals surface area contributed by atoms with E-state index in [1.165, 1.54) is 18.4 Å². The van der Waals surface area contributed by atoms with Crippen molar-refractivity contribution in [3.8, 4) is 17.2 Å². The zero-order chi connectivity index (χ0) is 16.8. The minimum atomic E-state index is -0.0538. The van der Waals surface area contributed by atoms with Gasteiger partial charge in [0.2, 0.25) is 0 Å². The Hall–Kier alpha value is -2.49. The molecule has 4 heteroatoms. The van der Waals surface area contributed by atoms with Crippen LogP contribution in [0.1, 0.15) is 31.2 Å². The van der Waals surface area contributed by atoms with Gasteiger partial charge in [0.1, 0.15) is 17.2 Å². The van der Waals surface area contributed by atoms with E-state index in [0.717, 1.165) is 24.3 Å². The molecule has 0 atom stereocenters. The molecule has 0 aromatic heterocycles. The molecule has 1 saturated carbocycles. The number of rotatable bonds is 6. The molecular formula is C20H23NO3. The Morgan fingerprint density at radius 3 is 2.12 bits per heavy atom. The van der Waals surface area contributed by atoms with Gasteiger partial charge in [-0.2, -0.15) is 0 Å². The highest BCUT2D eigenvalue weighted by Crippen LogP contribution is 2.24. The number of ether oxygens (including phenoxy) is 2. The Morgan fingerprint density at radius 2 is 1.50 bits per heavy atom. The van der Waals surface area contributed by atoms with Gasteiger partial charge in [-0.15, -0.1) is 0 Å². The molecule has 0 unspecified atom stereocenters. The fourth-order valence-electron chi connectivity index (χ4n) is 2.83. The molecule has 0 radical (unpaired) electrons. The van der Waals surface area contributed by atoms with Gasteiger partial charge in [0, 0.05) is 6.04 Å². The third-order valence-electron chi connectivity index (χ3n) is 4.17. The van der Waals surface area contributed by atoms with Crippen LogP contribution in [0.3, 0.4) is 0 Å². The molecule has 2 aromatic carbocycles. The largest absolute Gasteiger partial charge is 0.484 e. The first-order chi connectivity index (χ1) is 11.7. The monoisotopic (exact) mass is 325 g/mol. The van der Waals surface area contributed by atoms with Crippen LogP contribution in [0.2, 0.25) is 0 Å². The second kappa shape index (κ2) is 7.86. The first kappa shape index (κ1) is 16.4. The first-order valence-electron chi connectivity index (χ1n) is 8.46. The maximum absolute atomic E-state index is 11.8. The number of benzene rings is 2. The minimum Gasteiger partial charge on any atom is -0.484 e. The molecule has 0 heterocycles. The third-order valence-corrected chi connectivity index (χ3v) is 4.17. The molecule has 1 aliphatic carbocycles. The van der Waals surface area contributed by atoms with Crippen molar-refractivity contribution in [1.29, 1.82) is 0 Å². The van der Waals surface area contributed by atoms with Crippen molar-refractivity contribution in [2.24, 2.45) is 0 Å². The van der Waals surface area contributed by atoms with Crippen LogP contribution >= 0.6 is 0 Å². The van der Waals surface area contributed by atoms with Crippen molar-refractivity contribution in [2.75, 3.05) is 6.61 Å². The van der Waals surface area contributed by atoms with Gasteiger partial charge in [-0.25, -0.2) is 0 Å². The molecule has 1 amide bonds. The summed E-state index contributed by atoms with van der Waals surface area (Å²) >= 11 is 0. The van der Waals surface area contributed by atoms with E-state index in [2.05, 4.69) is 5.32 Å². The Labute approximate surface area is 142 Å². The van der Waals surface area contributed by atoms with Crippen molar-refractivity contribution in [2.45, 2.75) is 38.6 Å². The molecular weight excluding hydrogens is 302 g/mol. The van der Waals surface area contributed by atoms with Crippen molar-refractivity contribution >= 4 is 5.91 Å². The van der Waals surface area contributed by atoms with E-state index in [1.54, 1.807) is 0 Å². The molecule has 1 fully saturated rings. The van der Waals surface area contributed by atoms with Crippen molar-refractivity contribution < 1.29 is 14.3 Å². The van der Waals surface area contributed by atoms with E-state index in [0.29, 0.717) is 11.8 Å². The number of carbonyl (C=O) groups is 1. The quantitative estimate of drug-likeness (QED) is 0.865.